The van der Waals surface area contributed by atoms with Gasteiger partial charge in [0, 0.05) is 29.2 Å². The molecule has 0 amide bonds. The summed E-state index contributed by atoms with van der Waals surface area (Å²) in [4.78, 5) is 4.72. The fourth-order valence-corrected chi connectivity index (χ4v) is 9.78. The van der Waals surface area contributed by atoms with E-state index in [0.717, 1.165) is 61.2 Å². The molecule has 4 aromatic heterocycles. The zero-order chi connectivity index (χ0) is 40.0. The topological polar surface area (TPSA) is 35.3 Å². The van der Waals surface area contributed by atoms with Crippen molar-refractivity contribution in [1.29, 1.82) is 0 Å². The number of fused-ring (bicyclic) bond motifs is 12. The minimum absolute atomic E-state index is 0.727. The lowest BCUT2D eigenvalue weighted by Crippen LogP contribution is -2.31. The third-order valence-electron chi connectivity index (χ3n) is 12.4. The zero-order valence-electron chi connectivity index (χ0n) is 32.8. The summed E-state index contributed by atoms with van der Waals surface area (Å²) >= 11 is 0. The summed E-state index contributed by atoms with van der Waals surface area (Å²) < 4.78 is 13.3. The lowest BCUT2D eigenvalue weighted by Gasteiger charge is -2.11. The number of rotatable bonds is 4. The van der Waals surface area contributed by atoms with Crippen LogP contribution in [-0.4, -0.2) is 14.0 Å². The van der Waals surface area contributed by atoms with Gasteiger partial charge >= 0.3 is 0 Å². The number of pyridine rings is 1. The molecule has 0 radical (unpaired) electrons. The van der Waals surface area contributed by atoms with Crippen LogP contribution in [-0.2, 0) is 0 Å². The summed E-state index contributed by atoms with van der Waals surface area (Å²) in [6.45, 7) is 0. The number of hydrogen-bond acceptors (Lipinski definition) is 2. The molecule has 0 aliphatic carbocycles. The van der Waals surface area contributed by atoms with Crippen molar-refractivity contribution in [2.45, 2.75) is 0 Å². The molecule has 4 heterocycles. The second-order valence-corrected chi connectivity index (χ2v) is 15.7. The van der Waals surface area contributed by atoms with E-state index in [2.05, 4.69) is 196 Å². The molecule has 0 saturated carbocycles. The molecule has 0 saturated heterocycles. The zero-order valence-corrected chi connectivity index (χ0v) is 32.8. The van der Waals surface area contributed by atoms with E-state index in [9.17, 15) is 0 Å². The van der Waals surface area contributed by atoms with Gasteiger partial charge < -0.3 is 4.74 Å². The molecule has 9 aromatic carbocycles. The quantitative estimate of drug-likeness (QED) is 0.132. The van der Waals surface area contributed by atoms with Crippen LogP contribution < -0.4 is 9.30 Å². The molecule has 0 aliphatic heterocycles. The molecule has 0 bridgehead atoms. The maximum atomic E-state index is 6.73. The van der Waals surface area contributed by atoms with E-state index in [1.807, 2.05) is 30.5 Å². The Morgan fingerprint density at radius 1 is 0.426 bits per heavy atom. The van der Waals surface area contributed by atoms with Gasteiger partial charge in [0.05, 0.1) is 27.8 Å². The molecule has 0 unspecified atom stereocenters. The summed E-state index contributed by atoms with van der Waals surface area (Å²) in [6, 6.07) is 68.9. The van der Waals surface area contributed by atoms with Crippen molar-refractivity contribution >= 4 is 92.1 Å². The largest absolute Gasteiger partial charge is 0.458 e. The van der Waals surface area contributed by atoms with E-state index in [1.54, 1.807) is 0 Å². The highest BCUT2D eigenvalue weighted by Crippen LogP contribution is 2.41. The second kappa shape index (κ2) is 13.1. The predicted molar refractivity (Wildman–Crippen MR) is 250 cm³/mol. The third-order valence-corrected chi connectivity index (χ3v) is 12.4. The van der Waals surface area contributed by atoms with Crippen LogP contribution in [0.15, 0.2) is 207 Å². The third kappa shape index (κ3) is 5.08. The van der Waals surface area contributed by atoms with E-state index < -0.39 is 0 Å². The fraction of sp³-hybridized carbons (Fsp3) is 0. The van der Waals surface area contributed by atoms with Gasteiger partial charge in [-0.25, -0.2) is 4.98 Å². The maximum Gasteiger partial charge on any atom is 0.270 e. The fourth-order valence-electron chi connectivity index (χ4n) is 9.78. The summed E-state index contributed by atoms with van der Waals surface area (Å²) in [6.07, 6.45) is 7.99. The first-order valence-electron chi connectivity index (χ1n) is 20.6. The van der Waals surface area contributed by atoms with Crippen molar-refractivity contribution in [3.05, 3.63) is 213 Å². The van der Waals surface area contributed by atoms with Gasteiger partial charge in [-0.1, -0.05) is 133 Å². The van der Waals surface area contributed by atoms with Gasteiger partial charge in [-0.05, 0) is 114 Å². The second-order valence-electron chi connectivity index (χ2n) is 15.7. The Bertz CT molecular complexity index is 3980. The molecule has 5 heteroatoms. The molecule has 5 nitrogen and oxygen atoms in total. The SMILES string of the molecule is [c-]1n2cc3c4ccccc4c4ccccc4c4ccccc4c4ccc(c5ccccc5[n+]1-c1cccc(Oc5ccc6c7ccccc7n(-c7ccccn7)c6c5)c1)c2c43. The van der Waals surface area contributed by atoms with Crippen LogP contribution in [0.2, 0.25) is 0 Å². The van der Waals surface area contributed by atoms with E-state index in [1.165, 1.54) is 53.9 Å². The monoisotopic (exact) mass is 778 g/mol. The molecule has 61 heavy (non-hydrogen) atoms. The van der Waals surface area contributed by atoms with Gasteiger partial charge in [0.2, 0.25) is 0 Å². The molecule has 0 spiro atoms. The van der Waals surface area contributed by atoms with Crippen molar-refractivity contribution in [2.75, 3.05) is 0 Å². The molecular formula is C56H34N4O. The Kier molecular flexibility index (Phi) is 7.24. The summed E-state index contributed by atoms with van der Waals surface area (Å²) in [5.41, 5.74) is 5.24. The number of benzene rings is 8. The van der Waals surface area contributed by atoms with Crippen LogP contribution in [0.3, 0.4) is 0 Å². The number of hydrogen-bond donors (Lipinski definition) is 0. The molecular weight excluding hydrogens is 745 g/mol. The van der Waals surface area contributed by atoms with E-state index in [-0.39, 0.29) is 0 Å². The van der Waals surface area contributed by atoms with Gasteiger partial charge in [0.15, 0.2) is 0 Å². The first kappa shape index (κ1) is 33.7. The summed E-state index contributed by atoms with van der Waals surface area (Å²) in [5.74, 6) is 2.33. The molecule has 0 N–H and O–H groups in total. The highest BCUT2D eigenvalue weighted by molar-refractivity contribution is 6.32. The Labute approximate surface area is 349 Å². The maximum absolute atomic E-state index is 6.73. The van der Waals surface area contributed by atoms with Crippen LogP contribution >= 0.6 is 0 Å². The Balaban J connectivity index is 1.05. The van der Waals surface area contributed by atoms with Crippen molar-refractivity contribution in [3.63, 3.8) is 0 Å². The Morgan fingerprint density at radius 3 is 1.72 bits per heavy atom. The number of aromatic nitrogens is 4. The van der Waals surface area contributed by atoms with Crippen LogP contribution in [0.1, 0.15) is 0 Å². The normalized spacial score (nSPS) is 11.9. The summed E-state index contributed by atoms with van der Waals surface area (Å²) in [7, 11) is 0. The van der Waals surface area contributed by atoms with Crippen molar-refractivity contribution in [1.82, 2.24) is 14.0 Å². The minimum atomic E-state index is 0.727. The lowest BCUT2D eigenvalue weighted by molar-refractivity contribution is -0.575. The van der Waals surface area contributed by atoms with E-state index >= 15 is 0 Å². The van der Waals surface area contributed by atoms with Gasteiger partial charge in [-0.3, -0.25) is 13.5 Å². The number of ether oxygens (including phenoxy) is 1. The van der Waals surface area contributed by atoms with Crippen LogP contribution in [0, 0.1) is 6.33 Å². The van der Waals surface area contributed by atoms with Gasteiger partial charge in [0.25, 0.3) is 6.33 Å². The molecule has 13 rings (SSSR count). The smallest absolute Gasteiger partial charge is 0.270 e. The van der Waals surface area contributed by atoms with Crippen LogP contribution in [0.5, 0.6) is 11.5 Å². The first-order valence-corrected chi connectivity index (χ1v) is 20.6. The molecule has 0 fully saturated rings. The van der Waals surface area contributed by atoms with E-state index in [0.29, 0.717) is 0 Å². The lowest BCUT2D eigenvalue weighted by atomic mass is 9.99. The average Bonchev–Trinajstić information content (AvgIpc) is 3.83. The molecule has 284 valence electrons. The van der Waals surface area contributed by atoms with Gasteiger partial charge in [-0.2, -0.15) is 0 Å². The van der Waals surface area contributed by atoms with E-state index in [4.69, 9.17) is 9.72 Å². The Morgan fingerprint density at radius 2 is 1.00 bits per heavy atom. The molecule has 0 atom stereocenters. The minimum Gasteiger partial charge on any atom is -0.458 e. The first-order chi connectivity index (χ1) is 30.3. The molecule has 13 aromatic rings. The van der Waals surface area contributed by atoms with Gasteiger partial charge in [0.1, 0.15) is 17.3 Å². The van der Waals surface area contributed by atoms with Crippen molar-refractivity contribution < 1.29 is 9.30 Å². The van der Waals surface area contributed by atoms with Crippen molar-refractivity contribution in [2.24, 2.45) is 0 Å². The number of nitrogens with zero attached hydrogens (tertiary/aromatic N) is 4. The van der Waals surface area contributed by atoms with Crippen LogP contribution in [0.25, 0.3) is 104 Å². The highest BCUT2D eigenvalue weighted by Gasteiger charge is 2.18. The molecule has 0 aliphatic rings. The highest BCUT2D eigenvalue weighted by atomic mass is 16.5. The van der Waals surface area contributed by atoms with Crippen LogP contribution in [0.4, 0.5) is 0 Å². The number of para-hydroxylation sites is 2. The standard InChI is InChI=1S/C56H34N4O/c1-2-17-40-39(16-1)41-18-3-5-20-43(41)48-29-30-49-46-23-7-9-24-51(46)59(35-58-34-50(55(48)56(49)58)44-21-6-4-19-42(40)44)36-14-13-15-37(32-36)61-38-27-28-47-45-22-8-10-25-52(45)60(53(47)33-38)54-26-11-12-31-57-54/h1-34H. The van der Waals surface area contributed by atoms with Crippen molar-refractivity contribution in [3.8, 4) is 23.0 Å². The van der Waals surface area contributed by atoms with Gasteiger partial charge in [-0.15, -0.1) is 0 Å². The Hall–Kier alpha value is -8.28. The summed E-state index contributed by atoms with van der Waals surface area (Å²) in [5, 5.41) is 15.5. The predicted octanol–water partition coefficient (Wildman–Crippen LogP) is 13.8. The average molecular weight is 779 g/mol.